The summed E-state index contributed by atoms with van der Waals surface area (Å²) in [5.74, 6) is 0.386. The van der Waals surface area contributed by atoms with E-state index in [0.717, 1.165) is 14.7 Å². The summed E-state index contributed by atoms with van der Waals surface area (Å²) < 4.78 is 0. The lowest BCUT2D eigenvalue weighted by Crippen LogP contribution is -2.13. The molecular formula is C13H14S4. The molecular weight excluding hydrogens is 284 g/mol. The minimum atomic E-state index is 0.238. The first kappa shape index (κ1) is 13.5. The van der Waals surface area contributed by atoms with Crippen LogP contribution in [0.2, 0.25) is 0 Å². The molecule has 0 nitrogen and oxygen atoms in total. The van der Waals surface area contributed by atoms with E-state index < -0.39 is 0 Å². The fraction of sp³-hybridized carbons (Fsp3) is 0.231. The molecule has 0 bridgehead atoms. The van der Waals surface area contributed by atoms with Crippen LogP contribution >= 0.6 is 49.6 Å². The van der Waals surface area contributed by atoms with Gasteiger partial charge in [0, 0.05) is 25.9 Å². The maximum atomic E-state index is 4.57. The lowest BCUT2D eigenvalue weighted by atomic mass is 10.0. The van der Waals surface area contributed by atoms with Crippen molar-refractivity contribution in [2.75, 3.05) is 0 Å². The Labute approximate surface area is 123 Å². The highest BCUT2D eigenvalue weighted by Crippen LogP contribution is 2.38. The van der Waals surface area contributed by atoms with E-state index >= 15 is 0 Å². The Morgan fingerprint density at radius 1 is 1.18 bits per heavy atom. The van der Waals surface area contributed by atoms with Crippen LogP contribution in [0.3, 0.4) is 0 Å². The molecule has 1 aromatic carbocycles. The van der Waals surface area contributed by atoms with Gasteiger partial charge in [-0.25, -0.2) is 0 Å². The Kier molecular flexibility index (Phi) is 4.64. The van der Waals surface area contributed by atoms with Gasteiger partial charge in [-0.1, -0.05) is 36.9 Å². The van der Waals surface area contributed by atoms with E-state index in [-0.39, 0.29) is 5.25 Å². The molecule has 0 amide bonds. The number of allylic oxidation sites excluding steroid dienone is 2. The molecule has 1 aliphatic carbocycles. The first-order valence-electron chi connectivity index (χ1n) is 5.34. The summed E-state index contributed by atoms with van der Waals surface area (Å²) >= 11 is 15.2. The van der Waals surface area contributed by atoms with Gasteiger partial charge in [-0.3, -0.25) is 0 Å². The Morgan fingerprint density at radius 3 is 2.53 bits per heavy atom. The van der Waals surface area contributed by atoms with Crippen LogP contribution in [0, 0.1) is 5.92 Å². The summed E-state index contributed by atoms with van der Waals surface area (Å²) in [5.41, 5.74) is 0. The predicted molar refractivity (Wildman–Crippen MR) is 86.6 cm³/mol. The number of hydrogen-bond acceptors (Lipinski definition) is 4. The topological polar surface area (TPSA) is 0 Å². The molecule has 2 atom stereocenters. The van der Waals surface area contributed by atoms with Crippen molar-refractivity contribution in [2.24, 2.45) is 5.92 Å². The molecule has 17 heavy (non-hydrogen) atoms. The van der Waals surface area contributed by atoms with E-state index in [1.807, 2.05) is 18.2 Å². The summed E-state index contributed by atoms with van der Waals surface area (Å²) in [7, 11) is 0. The van der Waals surface area contributed by atoms with Crippen LogP contribution in [-0.4, -0.2) is 5.25 Å². The van der Waals surface area contributed by atoms with Gasteiger partial charge in [0.2, 0.25) is 0 Å². The Balaban J connectivity index is 2.21. The molecule has 4 heteroatoms. The quantitative estimate of drug-likeness (QED) is 0.665. The first-order chi connectivity index (χ1) is 8.08. The maximum absolute atomic E-state index is 4.57. The largest absolute Gasteiger partial charge is 0.171 e. The van der Waals surface area contributed by atoms with Crippen molar-refractivity contribution in [1.29, 1.82) is 0 Å². The fourth-order valence-electron chi connectivity index (χ4n) is 1.55. The number of thioether (sulfide) groups is 1. The summed E-state index contributed by atoms with van der Waals surface area (Å²) in [4.78, 5) is 4.44. The Hall–Kier alpha value is 0.1000. The molecule has 90 valence electrons. The molecule has 0 N–H and O–H groups in total. The van der Waals surface area contributed by atoms with Crippen molar-refractivity contribution in [2.45, 2.75) is 22.0 Å². The molecule has 0 saturated heterocycles. The van der Waals surface area contributed by atoms with Gasteiger partial charge in [0.1, 0.15) is 0 Å². The third-order valence-corrected chi connectivity index (χ3v) is 5.44. The van der Waals surface area contributed by atoms with E-state index in [9.17, 15) is 0 Å². The molecule has 0 aromatic heterocycles. The van der Waals surface area contributed by atoms with Crippen LogP contribution in [0.25, 0.3) is 0 Å². The Bertz CT molecular complexity index is 476. The zero-order valence-electron chi connectivity index (χ0n) is 9.37. The number of rotatable bonds is 2. The number of hydrogen-bond donors (Lipinski definition) is 3. The van der Waals surface area contributed by atoms with Gasteiger partial charge >= 0.3 is 0 Å². The highest BCUT2D eigenvalue weighted by atomic mass is 32.2. The van der Waals surface area contributed by atoms with Gasteiger partial charge in [-0.05, 0) is 23.1 Å². The van der Waals surface area contributed by atoms with Crippen molar-refractivity contribution >= 4 is 49.6 Å². The molecule has 1 aliphatic rings. The zero-order valence-corrected chi connectivity index (χ0v) is 12.9. The van der Waals surface area contributed by atoms with Crippen molar-refractivity contribution in [1.82, 2.24) is 0 Å². The summed E-state index contributed by atoms with van der Waals surface area (Å²) in [5, 5.41) is 0.238. The average molecular weight is 299 g/mol. The summed E-state index contributed by atoms with van der Waals surface area (Å²) in [6, 6.07) is 8.09. The summed E-state index contributed by atoms with van der Waals surface area (Å²) in [6.07, 6.45) is 4.30. The van der Waals surface area contributed by atoms with Crippen LogP contribution in [0.1, 0.15) is 6.92 Å². The minimum Gasteiger partial charge on any atom is -0.171 e. The number of thiol groups is 3. The monoisotopic (exact) mass is 298 g/mol. The maximum Gasteiger partial charge on any atom is 0.0281 e. The highest BCUT2D eigenvalue weighted by molar-refractivity contribution is 8.03. The lowest BCUT2D eigenvalue weighted by Gasteiger charge is -2.22. The van der Waals surface area contributed by atoms with E-state index in [1.165, 1.54) is 4.91 Å². The van der Waals surface area contributed by atoms with Gasteiger partial charge < -0.3 is 0 Å². The molecule has 2 unspecified atom stereocenters. The van der Waals surface area contributed by atoms with Gasteiger partial charge in [-0.2, -0.15) is 12.6 Å². The molecule has 0 saturated carbocycles. The molecule has 0 aliphatic heterocycles. The van der Waals surface area contributed by atoms with Crippen molar-refractivity contribution in [3.63, 3.8) is 0 Å². The molecule has 0 fully saturated rings. The predicted octanol–water partition coefficient (Wildman–Crippen LogP) is 4.71. The Morgan fingerprint density at radius 2 is 1.88 bits per heavy atom. The molecule has 0 radical (unpaired) electrons. The average Bonchev–Trinajstić information content (AvgIpc) is 2.29. The molecule has 1 aromatic rings. The van der Waals surface area contributed by atoms with Crippen LogP contribution < -0.4 is 0 Å². The second kappa shape index (κ2) is 5.83. The SMILES string of the molecule is CC1C(S)=CC(Sc2ccccc2S)=CC1S. The van der Waals surface area contributed by atoms with Crippen LogP contribution in [0.4, 0.5) is 0 Å². The van der Waals surface area contributed by atoms with Crippen LogP contribution in [0.15, 0.2) is 56.0 Å². The summed E-state index contributed by atoms with van der Waals surface area (Å²) in [6.45, 7) is 2.14. The van der Waals surface area contributed by atoms with Gasteiger partial charge in [-0.15, -0.1) is 25.3 Å². The molecule has 0 spiro atoms. The van der Waals surface area contributed by atoms with Gasteiger partial charge in [0.05, 0.1) is 0 Å². The van der Waals surface area contributed by atoms with Crippen LogP contribution in [0.5, 0.6) is 0 Å². The normalized spacial score (nSPS) is 24.2. The van der Waals surface area contributed by atoms with Gasteiger partial charge in [0.15, 0.2) is 0 Å². The van der Waals surface area contributed by atoms with E-state index in [0.29, 0.717) is 5.92 Å². The second-order valence-electron chi connectivity index (χ2n) is 3.99. The van der Waals surface area contributed by atoms with Crippen molar-refractivity contribution < 1.29 is 0 Å². The number of benzene rings is 1. The first-order valence-corrected chi connectivity index (χ1v) is 7.57. The zero-order chi connectivity index (χ0) is 12.4. The lowest BCUT2D eigenvalue weighted by molar-refractivity contribution is 0.743. The molecule has 2 rings (SSSR count). The fourth-order valence-corrected chi connectivity index (χ4v) is 3.74. The van der Waals surface area contributed by atoms with Crippen molar-refractivity contribution in [3.05, 3.63) is 46.2 Å². The highest BCUT2D eigenvalue weighted by Gasteiger charge is 2.19. The third kappa shape index (κ3) is 3.31. The van der Waals surface area contributed by atoms with Crippen LogP contribution in [-0.2, 0) is 0 Å². The van der Waals surface area contributed by atoms with E-state index in [4.69, 9.17) is 0 Å². The second-order valence-corrected chi connectivity index (χ2v) is 6.70. The molecule has 0 heterocycles. The standard InChI is InChI=1S/C13H14S4/c1-8-11(15)6-9(7-12(8)16)17-13-5-3-2-4-10(13)14/h2-8,11,14-16H,1H3. The van der Waals surface area contributed by atoms with E-state index in [1.54, 1.807) is 11.8 Å². The minimum absolute atomic E-state index is 0.238. The van der Waals surface area contributed by atoms with Gasteiger partial charge in [0.25, 0.3) is 0 Å². The third-order valence-electron chi connectivity index (χ3n) is 2.70. The van der Waals surface area contributed by atoms with E-state index in [2.05, 4.69) is 63.0 Å². The van der Waals surface area contributed by atoms with Crippen molar-refractivity contribution in [3.8, 4) is 0 Å². The smallest absolute Gasteiger partial charge is 0.0281 e.